The molecule has 0 aliphatic carbocycles. The van der Waals surface area contributed by atoms with Crippen LogP contribution in [0.25, 0.3) is 0 Å². The largest absolute Gasteiger partial charge is 0.489 e. The number of anilines is 3. The van der Waals surface area contributed by atoms with Gasteiger partial charge in [-0.05, 0) is 42.3 Å². The van der Waals surface area contributed by atoms with Gasteiger partial charge in [0.2, 0.25) is 5.95 Å². The quantitative estimate of drug-likeness (QED) is 0.629. The lowest BCUT2D eigenvalue weighted by Crippen LogP contribution is -2.05. The first kappa shape index (κ1) is 16.8. The van der Waals surface area contributed by atoms with E-state index in [0.717, 1.165) is 35.8 Å². The van der Waals surface area contributed by atoms with E-state index in [1.807, 2.05) is 48.5 Å². The summed E-state index contributed by atoms with van der Waals surface area (Å²) in [6.45, 7) is 3.53. The second kappa shape index (κ2) is 8.68. The van der Waals surface area contributed by atoms with Crippen molar-refractivity contribution < 1.29 is 4.74 Å². The highest BCUT2D eigenvalue weighted by Crippen LogP contribution is 2.20. The van der Waals surface area contributed by atoms with Crippen LogP contribution in [0, 0.1) is 0 Å². The van der Waals surface area contributed by atoms with Gasteiger partial charge in [-0.15, -0.1) is 0 Å². The van der Waals surface area contributed by atoms with Gasteiger partial charge in [-0.2, -0.15) is 4.98 Å². The minimum Gasteiger partial charge on any atom is -0.489 e. The molecular formula is C20H22N4O. The van der Waals surface area contributed by atoms with E-state index in [1.54, 1.807) is 6.20 Å². The van der Waals surface area contributed by atoms with E-state index < -0.39 is 0 Å². The second-order valence-corrected chi connectivity index (χ2v) is 5.62. The van der Waals surface area contributed by atoms with Crippen molar-refractivity contribution >= 4 is 17.5 Å². The second-order valence-electron chi connectivity index (χ2n) is 5.62. The normalized spacial score (nSPS) is 10.3. The van der Waals surface area contributed by atoms with Gasteiger partial charge in [0.15, 0.2) is 0 Å². The van der Waals surface area contributed by atoms with Crippen molar-refractivity contribution in [3.05, 3.63) is 72.4 Å². The van der Waals surface area contributed by atoms with Crippen molar-refractivity contribution in [2.75, 3.05) is 17.2 Å². The van der Waals surface area contributed by atoms with Crippen LogP contribution in [0.1, 0.15) is 18.9 Å². The number of hydrogen-bond acceptors (Lipinski definition) is 5. The molecule has 1 aromatic heterocycles. The van der Waals surface area contributed by atoms with Crippen molar-refractivity contribution in [1.82, 2.24) is 9.97 Å². The van der Waals surface area contributed by atoms with Crippen LogP contribution in [0.15, 0.2) is 66.9 Å². The molecule has 2 N–H and O–H groups in total. The van der Waals surface area contributed by atoms with Crippen LogP contribution in [-0.4, -0.2) is 16.5 Å². The summed E-state index contributed by atoms with van der Waals surface area (Å²) in [4.78, 5) is 8.64. The summed E-state index contributed by atoms with van der Waals surface area (Å²) in [5.41, 5.74) is 2.10. The SMILES string of the molecule is CCCNc1nccc(Nc2ccc(OCc3ccccc3)cc2)n1. The van der Waals surface area contributed by atoms with Crippen molar-refractivity contribution in [2.45, 2.75) is 20.0 Å². The maximum atomic E-state index is 5.80. The van der Waals surface area contributed by atoms with E-state index in [0.29, 0.717) is 12.6 Å². The Kier molecular flexibility index (Phi) is 5.82. The molecule has 0 saturated heterocycles. The van der Waals surface area contributed by atoms with Crippen LogP contribution in [-0.2, 0) is 6.61 Å². The minimum absolute atomic E-state index is 0.561. The zero-order valence-corrected chi connectivity index (χ0v) is 14.3. The predicted octanol–water partition coefficient (Wildman–Crippen LogP) is 4.62. The average Bonchev–Trinajstić information content (AvgIpc) is 2.67. The molecular weight excluding hydrogens is 312 g/mol. The molecule has 0 atom stereocenters. The first-order chi connectivity index (χ1) is 12.3. The van der Waals surface area contributed by atoms with E-state index in [2.05, 4.69) is 39.7 Å². The lowest BCUT2D eigenvalue weighted by atomic mass is 10.2. The van der Waals surface area contributed by atoms with Crippen LogP contribution in [0.3, 0.4) is 0 Å². The van der Waals surface area contributed by atoms with Crippen LogP contribution < -0.4 is 15.4 Å². The third kappa shape index (κ3) is 5.21. The molecule has 0 bridgehead atoms. The zero-order valence-electron chi connectivity index (χ0n) is 14.3. The summed E-state index contributed by atoms with van der Waals surface area (Å²) >= 11 is 0. The number of hydrogen-bond donors (Lipinski definition) is 2. The van der Waals surface area contributed by atoms with Gasteiger partial charge in [-0.1, -0.05) is 37.3 Å². The lowest BCUT2D eigenvalue weighted by Gasteiger charge is -2.10. The highest BCUT2D eigenvalue weighted by molar-refractivity contribution is 5.57. The molecule has 128 valence electrons. The molecule has 5 heteroatoms. The summed E-state index contributed by atoms with van der Waals surface area (Å²) in [5.74, 6) is 2.23. The van der Waals surface area contributed by atoms with E-state index in [-0.39, 0.29) is 0 Å². The number of nitrogens with one attached hydrogen (secondary N) is 2. The monoisotopic (exact) mass is 334 g/mol. The molecule has 5 nitrogen and oxygen atoms in total. The molecule has 25 heavy (non-hydrogen) atoms. The van der Waals surface area contributed by atoms with Gasteiger partial charge < -0.3 is 15.4 Å². The number of aromatic nitrogens is 2. The van der Waals surface area contributed by atoms with Crippen LogP contribution in [0.2, 0.25) is 0 Å². The Labute approximate surface area is 148 Å². The molecule has 0 fully saturated rings. The van der Waals surface area contributed by atoms with Crippen LogP contribution in [0.4, 0.5) is 17.5 Å². The Morgan fingerprint density at radius 2 is 1.76 bits per heavy atom. The molecule has 0 radical (unpaired) electrons. The van der Waals surface area contributed by atoms with Gasteiger partial charge in [-0.25, -0.2) is 4.98 Å². The van der Waals surface area contributed by atoms with E-state index in [4.69, 9.17) is 4.74 Å². The fourth-order valence-corrected chi connectivity index (χ4v) is 2.27. The maximum absolute atomic E-state index is 5.80. The predicted molar refractivity (Wildman–Crippen MR) is 101 cm³/mol. The zero-order chi connectivity index (χ0) is 17.3. The molecule has 0 unspecified atom stereocenters. The third-order valence-electron chi connectivity index (χ3n) is 3.56. The molecule has 3 rings (SSSR count). The fraction of sp³-hybridized carbons (Fsp3) is 0.200. The summed E-state index contributed by atoms with van der Waals surface area (Å²) in [5, 5.41) is 6.45. The summed E-state index contributed by atoms with van der Waals surface area (Å²) in [7, 11) is 0. The molecule has 0 aliphatic rings. The maximum Gasteiger partial charge on any atom is 0.224 e. The average molecular weight is 334 g/mol. The number of rotatable bonds is 8. The van der Waals surface area contributed by atoms with E-state index in [1.165, 1.54) is 0 Å². The Bertz CT molecular complexity index is 775. The first-order valence-corrected chi connectivity index (χ1v) is 8.44. The molecule has 2 aromatic carbocycles. The van der Waals surface area contributed by atoms with Crippen molar-refractivity contribution in [2.24, 2.45) is 0 Å². The summed E-state index contributed by atoms with van der Waals surface area (Å²) < 4.78 is 5.80. The van der Waals surface area contributed by atoms with Crippen LogP contribution >= 0.6 is 0 Å². The first-order valence-electron chi connectivity index (χ1n) is 8.44. The smallest absolute Gasteiger partial charge is 0.224 e. The van der Waals surface area contributed by atoms with Crippen molar-refractivity contribution in [3.63, 3.8) is 0 Å². The minimum atomic E-state index is 0.561. The molecule has 3 aromatic rings. The van der Waals surface area contributed by atoms with Gasteiger partial charge in [0.1, 0.15) is 18.2 Å². The standard InChI is InChI=1S/C20H22N4O/c1-2-13-21-20-22-14-12-19(24-20)23-17-8-10-18(11-9-17)25-15-16-6-4-3-5-7-16/h3-12,14H,2,13,15H2,1H3,(H2,21,22,23,24). The number of ether oxygens (including phenoxy) is 1. The van der Waals surface area contributed by atoms with Gasteiger partial charge in [0.25, 0.3) is 0 Å². The van der Waals surface area contributed by atoms with Gasteiger partial charge >= 0.3 is 0 Å². The molecule has 0 spiro atoms. The Morgan fingerprint density at radius 3 is 2.52 bits per heavy atom. The summed E-state index contributed by atoms with van der Waals surface area (Å²) in [6, 6.07) is 19.8. The van der Waals surface area contributed by atoms with Crippen molar-refractivity contribution in [3.8, 4) is 5.75 Å². The molecule has 0 amide bonds. The number of nitrogens with zero attached hydrogens (tertiary/aromatic N) is 2. The Balaban J connectivity index is 1.57. The molecule has 0 saturated carbocycles. The highest BCUT2D eigenvalue weighted by atomic mass is 16.5. The molecule has 0 aliphatic heterocycles. The van der Waals surface area contributed by atoms with Crippen LogP contribution in [0.5, 0.6) is 5.75 Å². The van der Waals surface area contributed by atoms with Gasteiger partial charge in [-0.3, -0.25) is 0 Å². The number of benzene rings is 2. The van der Waals surface area contributed by atoms with Gasteiger partial charge in [0, 0.05) is 18.4 Å². The molecule has 1 heterocycles. The Morgan fingerprint density at radius 1 is 0.960 bits per heavy atom. The van der Waals surface area contributed by atoms with Gasteiger partial charge in [0.05, 0.1) is 0 Å². The third-order valence-corrected chi connectivity index (χ3v) is 3.56. The Hall–Kier alpha value is -3.08. The summed E-state index contributed by atoms with van der Waals surface area (Å²) in [6.07, 6.45) is 2.77. The highest BCUT2D eigenvalue weighted by Gasteiger charge is 2.01. The van der Waals surface area contributed by atoms with E-state index in [9.17, 15) is 0 Å². The topological polar surface area (TPSA) is 59.1 Å². The van der Waals surface area contributed by atoms with E-state index >= 15 is 0 Å². The van der Waals surface area contributed by atoms with Crippen molar-refractivity contribution in [1.29, 1.82) is 0 Å². The fourth-order valence-electron chi connectivity index (χ4n) is 2.27. The lowest BCUT2D eigenvalue weighted by molar-refractivity contribution is 0.306.